The van der Waals surface area contributed by atoms with Crippen LogP contribution in [-0.4, -0.2) is 69.0 Å². The molecule has 37 heavy (non-hydrogen) atoms. The first-order valence-electron chi connectivity index (χ1n) is 12.8. The lowest BCUT2D eigenvalue weighted by Gasteiger charge is -2.39. The molecule has 0 saturated carbocycles. The van der Waals surface area contributed by atoms with Gasteiger partial charge >= 0.3 is 0 Å². The van der Waals surface area contributed by atoms with Crippen LogP contribution in [0.1, 0.15) is 35.8 Å². The molecule has 2 aliphatic rings. The van der Waals surface area contributed by atoms with Crippen molar-refractivity contribution in [3.8, 4) is 0 Å². The fraction of sp³-hybridized carbons (Fsp3) is 0.407. The molecule has 4 aromatic rings. The van der Waals surface area contributed by atoms with Crippen LogP contribution in [-0.2, 0) is 11.3 Å². The molecule has 10 heteroatoms. The monoisotopic (exact) mass is 503 g/mol. The Labute approximate surface area is 213 Å². The maximum atomic E-state index is 14.5. The number of nitrogens with one attached hydrogen (secondary N) is 1. The van der Waals surface area contributed by atoms with E-state index >= 15 is 0 Å². The van der Waals surface area contributed by atoms with E-state index in [2.05, 4.69) is 25.4 Å². The Balaban J connectivity index is 1.37. The average Bonchev–Trinajstić information content (AvgIpc) is 3.58. The van der Waals surface area contributed by atoms with Crippen LogP contribution < -0.4 is 10.5 Å². The molecule has 0 unspecified atom stereocenters. The van der Waals surface area contributed by atoms with Gasteiger partial charge in [-0.05, 0) is 65.4 Å². The predicted octanol–water partition coefficient (Wildman–Crippen LogP) is 3.05. The maximum Gasteiger partial charge on any atom is 0.253 e. The van der Waals surface area contributed by atoms with E-state index in [1.54, 1.807) is 16.8 Å². The van der Waals surface area contributed by atoms with Gasteiger partial charge < -0.3 is 14.6 Å². The second kappa shape index (κ2) is 10.0. The third kappa shape index (κ3) is 4.74. The van der Waals surface area contributed by atoms with Crippen molar-refractivity contribution < 1.29 is 9.13 Å². The topological polar surface area (TPSA) is 92.2 Å². The van der Waals surface area contributed by atoms with Gasteiger partial charge in [0.15, 0.2) is 5.82 Å². The van der Waals surface area contributed by atoms with E-state index in [0.717, 1.165) is 35.9 Å². The van der Waals surface area contributed by atoms with Crippen LogP contribution in [0.5, 0.6) is 0 Å². The second-order valence-corrected chi connectivity index (χ2v) is 9.88. The molecule has 192 valence electrons. The van der Waals surface area contributed by atoms with Crippen LogP contribution in [0, 0.1) is 12.7 Å². The highest BCUT2D eigenvalue weighted by Crippen LogP contribution is 2.30. The van der Waals surface area contributed by atoms with E-state index < -0.39 is 6.04 Å². The Morgan fingerprint density at radius 3 is 2.76 bits per heavy atom. The number of ether oxygens (including phenoxy) is 1. The number of H-pyrrole nitrogens is 1. The van der Waals surface area contributed by atoms with Crippen molar-refractivity contribution in [1.29, 1.82) is 0 Å². The smallest absolute Gasteiger partial charge is 0.253 e. The molecule has 9 nitrogen and oxygen atoms in total. The molecule has 0 amide bonds. The minimum Gasteiger partial charge on any atom is -0.376 e. The van der Waals surface area contributed by atoms with Crippen molar-refractivity contribution in [2.45, 2.75) is 38.5 Å². The highest BCUT2D eigenvalue weighted by molar-refractivity contribution is 5.79. The molecule has 0 aliphatic carbocycles. The van der Waals surface area contributed by atoms with Crippen LogP contribution in [0.2, 0.25) is 0 Å². The van der Waals surface area contributed by atoms with Gasteiger partial charge in [0.1, 0.15) is 11.9 Å². The number of hydrogen-bond acceptors (Lipinski definition) is 7. The fourth-order valence-corrected chi connectivity index (χ4v) is 5.48. The molecule has 2 aromatic heterocycles. The number of benzene rings is 2. The van der Waals surface area contributed by atoms with Gasteiger partial charge in [-0.1, -0.05) is 24.3 Å². The minimum atomic E-state index is -0.450. The maximum absolute atomic E-state index is 14.5. The zero-order valence-corrected chi connectivity index (χ0v) is 20.8. The summed E-state index contributed by atoms with van der Waals surface area (Å²) < 4.78 is 22.1. The normalized spacial score (nSPS) is 19.5. The summed E-state index contributed by atoms with van der Waals surface area (Å²) in [4.78, 5) is 20.8. The Bertz CT molecular complexity index is 1450. The van der Waals surface area contributed by atoms with E-state index in [1.165, 1.54) is 6.07 Å². The lowest BCUT2D eigenvalue weighted by atomic mass is 10.0. The molecule has 4 heterocycles. The number of tetrazole rings is 1. The van der Waals surface area contributed by atoms with Crippen LogP contribution >= 0.6 is 0 Å². The molecule has 2 atom stereocenters. The third-order valence-corrected chi connectivity index (χ3v) is 7.40. The van der Waals surface area contributed by atoms with Crippen molar-refractivity contribution in [2.24, 2.45) is 0 Å². The Kier molecular flexibility index (Phi) is 6.43. The number of aryl methyl sites for hydroxylation is 1. The van der Waals surface area contributed by atoms with E-state index in [4.69, 9.17) is 4.74 Å². The number of aromatic nitrogens is 5. The average molecular weight is 504 g/mol. The standard InChI is InChI=1S/C27H30FN7O2/c1-18-8-9-19-16-21(27(36)29-23(19)15-18)25(26-30-31-32-35(26)17-20-5-4-14-37-20)34-12-10-33(11-13-34)24-7-3-2-6-22(24)28/h2-3,6-9,15-16,20,25H,4-5,10-14,17H2,1H3,(H,29,36)/t20-,25-/m0/s1. The number of para-hydroxylation sites is 1. The molecule has 1 N–H and O–H groups in total. The first kappa shape index (κ1) is 23.7. The van der Waals surface area contributed by atoms with E-state index in [1.807, 2.05) is 42.2 Å². The molecule has 2 aromatic carbocycles. The summed E-state index contributed by atoms with van der Waals surface area (Å²) >= 11 is 0. The van der Waals surface area contributed by atoms with E-state index in [0.29, 0.717) is 49.8 Å². The first-order valence-corrected chi connectivity index (χ1v) is 12.8. The largest absolute Gasteiger partial charge is 0.376 e. The molecule has 0 bridgehead atoms. The highest BCUT2D eigenvalue weighted by atomic mass is 19.1. The van der Waals surface area contributed by atoms with E-state index in [-0.39, 0.29) is 17.5 Å². The summed E-state index contributed by atoms with van der Waals surface area (Å²) in [5, 5.41) is 13.6. The van der Waals surface area contributed by atoms with Gasteiger partial charge in [0.25, 0.3) is 5.56 Å². The first-order chi connectivity index (χ1) is 18.1. The molecular weight excluding hydrogens is 473 g/mol. The summed E-state index contributed by atoms with van der Waals surface area (Å²) in [6, 6.07) is 14.4. The predicted molar refractivity (Wildman–Crippen MR) is 138 cm³/mol. The molecule has 2 aliphatic heterocycles. The van der Waals surface area contributed by atoms with Crippen molar-refractivity contribution in [1.82, 2.24) is 30.1 Å². The van der Waals surface area contributed by atoms with Gasteiger partial charge in [0, 0.05) is 43.9 Å². The lowest BCUT2D eigenvalue weighted by Crippen LogP contribution is -2.49. The van der Waals surface area contributed by atoms with Gasteiger partial charge in [-0.15, -0.1) is 5.10 Å². The van der Waals surface area contributed by atoms with Crippen LogP contribution in [0.15, 0.2) is 53.3 Å². The number of aromatic amines is 1. The van der Waals surface area contributed by atoms with Crippen molar-refractivity contribution in [2.75, 3.05) is 37.7 Å². The number of fused-ring (bicyclic) bond motifs is 1. The number of nitrogens with zero attached hydrogens (tertiary/aromatic N) is 6. The number of anilines is 1. The van der Waals surface area contributed by atoms with Crippen molar-refractivity contribution >= 4 is 16.6 Å². The highest BCUT2D eigenvalue weighted by Gasteiger charge is 2.34. The second-order valence-electron chi connectivity index (χ2n) is 9.88. The number of piperazine rings is 1. The van der Waals surface area contributed by atoms with Crippen LogP contribution in [0.3, 0.4) is 0 Å². The van der Waals surface area contributed by atoms with Crippen molar-refractivity contribution in [3.63, 3.8) is 0 Å². The van der Waals surface area contributed by atoms with Gasteiger partial charge in [-0.2, -0.15) is 0 Å². The molecule has 0 radical (unpaired) electrons. The number of hydrogen-bond donors (Lipinski definition) is 1. The van der Waals surface area contributed by atoms with Crippen molar-refractivity contribution in [3.05, 3.63) is 81.7 Å². The molecule has 2 saturated heterocycles. The summed E-state index contributed by atoms with van der Waals surface area (Å²) in [5.41, 5.74) is 2.92. The Morgan fingerprint density at radius 1 is 1.14 bits per heavy atom. The van der Waals surface area contributed by atoms with Gasteiger partial charge in [0.2, 0.25) is 0 Å². The number of rotatable bonds is 6. The zero-order chi connectivity index (χ0) is 25.4. The number of pyridine rings is 1. The summed E-state index contributed by atoms with van der Waals surface area (Å²) in [7, 11) is 0. The van der Waals surface area contributed by atoms with Gasteiger partial charge in [0.05, 0.1) is 18.3 Å². The Morgan fingerprint density at radius 2 is 1.97 bits per heavy atom. The SMILES string of the molecule is Cc1ccc2cc([C@@H](c3nnnn3C[C@@H]3CCCO3)N3CCN(c4ccccc4F)CC3)c(=O)[nH]c2c1. The minimum absolute atomic E-state index is 0.0543. The number of halogens is 1. The van der Waals surface area contributed by atoms with Gasteiger partial charge in [-0.25, -0.2) is 9.07 Å². The van der Waals surface area contributed by atoms with Crippen LogP contribution in [0.4, 0.5) is 10.1 Å². The quantitative estimate of drug-likeness (QED) is 0.432. The molecule has 2 fully saturated rings. The summed E-state index contributed by atoms with van der Waals surface area (Å²) in [6.45, 7) is 5.77. The molecule has 0 spiro atoms. The fourth-order valence-electron chi connectivity index (χ4n) is 5.48. The summed E-state index contributed by atoms with van der Waals surface area (Å²) in [5.74, 6) is 0.390. The van der Waals surface area contributed by atoms with Gasteiger partial charge in [-0.3, -0.25) is 9.69 Å². The Hall–Kier alpha value is -3.63. The zero-order valence-electron chi connectivity index (χ0n) is 20.8. The lowest BCUT2D eigenvalue weighted by molar-refractivity contribution is 0.0906. The molecule has 6 rings (SSSR count). The summed E-state index contributed by atoms with van der Waals surface area (Å²) in [6.07, 6.45) is 2.03. The third-order valence-electron chi connectivity index (χ3n) is 7.40. The molecular formula is C27H30FN7O2. The van der Waals surface area contributed by atoms with E-state index in [9.17, 15) is 9.18 Å². The van der Waals surface area contributed by atoms with Crippen LogP contribution in [0.25, 0.3) is 10.9 Å².